The van der Waals surface area contributed by atoms with Gasteiger partial charge in [0.1, 0.15) is 0 Å². The largest absolute Gasteiger partial charge is 0.316 e. The molecule has 0 aromatic heterocycles. The second-order valence-corrected chi connectivity index (χ2v) is 7.86. The zero-order valence-electron chi connectivity index (χ0n) is 13.5. The van der Waals surface area contributed by atoms with Gasteiger partial charge in [-0.05, 0) is 62.4 Å². The molecule has 2 saturated heterocycles. The van der Waals surface area contributed by atoms with Crippen LogP contribution in [0, 0.1) is 17.3 Å². The number of nitrogens with one attached hydrogen (secondary N) is 1. The van der Waals surface area contributed by atoms with Crippen molar-refractivity contribution in [2.45, 2.75) is 64.7 Å². The molecule has 0 aromatic rings. The summed E-state index contributed by atoms with van der Waals surface area (Å²) in [5.41, 5.74) is 0.592. The number of hydrogen-bond donors (Lipinski definition) is 1. The van der Waals surface area contributed by atoms with Crippen molar-refractivity contribution in [2.24, 2.45) is 17.3 Å². The average molecular weight is 278 g/mol. The first-order valence-electron chi connectivity index (χ1n) is 9.24. The van der Waals surface area contributed by atoms with Gasteiger partial charge in [0.25, 0.3) is 0 Å². The smallest absolute Gasteiger partial charge is 0.00503 e. The fraction of sp³-hybridized carbons (Fsp3) is 1.00. The van der Waals surface area contributed by atoms with E-state index >= 15 is 0 Å². The lowest BCUT2D eigenvalue weighted by Crippen LogP contribution is -2.51. The third kappa shape index (κ3) is 3.39. The first-order chi connectivity index (χ1) is 9.81. The van der Waals surface area contributed by atoms with Crippen molar-refractivity contribution in [3.05, 3.63) is 0 Å². The van der Waals surface area contributed by atoms with Crippen molar-refractivity contribution >= 4 is 0 Å². The molecule has 0 aromatic carbocycles. The lowest BCUT2D eigenvalue weighted by molar-refractivity contribution is 0.0379. The van der Waals surface area contributed by atoms with E-state index in [-0.39, 0.29) is 0 Å². The number of rotatable bonds is 4. The van der Waals surface area contributed by atoms with E-state index in [0.29, 0.717) is 5.41 Å². The second kappa shape index (κ2) is 6.79. The number of hydrogen-bond acceptors (Lipinski definition) is 2. The fourth-order valence-electron chi connectivity index (χ4n) is 5.28. The van der Waals surface area contributed by atoms with Crippen LogP contribution in [-0.2, 0) is 0 Å². The second-order valence-electron chi connectivity index (χ2n) is 7.86. The predicted octanol–water partition coefficient (Wildman–Crippen LogP) is 3.67. The van der Waals surface area contributed by atoms with Gasteiger partial charge < -0.3 is 10.2 Å². The summed E-state index contributed by atoms with van der Waals surface area (Å²) in [6.45, 7) is 9.05. The summed E-state index contributed by atoms with van der Waals surface area (Å²) in [4.78, 5) is 2.84. The lowest BCUT2D eigenvalue weighted by Gasteiger charge is -2.47. The summed E-state index contributed by atoms with van der Waals surface area (Å²) in [5.74, 6) is 2.11. The highest BCUT2D eigenvalue weighted by Gasteiger charge is 2.37. The number of nitrogens with zero attached hydrogens (tertiary/aromatic N) is 1. The average Bonchev–Trinajstić information content (AvgIpc) is 2.48. The van der Waals surface area contributed by atoms with Gasteiger partial charge in [0, 0.05) is 19.6 Å². The van der Waals surface area contributed by atoms with Crippen LogP contribution >= 0.6 is 0 Å². The maximum absolute atomic E-state index is 3.68. The van der Waals surface area contributed by atoms with Gasteiger partial charge in [-0.3, -0.25) is 0 Å². The summed E-state index contributed by atoms with van der Waals surface area (Å²) in [6, 6.07) is 0. The van der Waals surface area contributed by atoms with Gasteiger partial charge in [0.15, 0.2) is 0 Å². The molecule has 1 N–H and O–H groups in total. The zero-order chi connectivity index (χ0) is 13.8. The summed E-state index contributed by atoms with van der Waals surface area (Å²) in [5, 5.41) is 3.68. The van der Waals surface area contributed by atoms with Crippen LogP contribution in [0.5, 0.6) is 0 Å². The summed E-state index contributed by atoms with van der Waals surface area (Å²) >= 11 is 0. The van der Waals surface area contributed by atoms with E-state index in [9.17, 15) is 0 Å². The van der Waals surface area contributed by atoms with E-state index < -0.39 is 0 Å². The number of fused-ring (bicyclic) bond motifs is 1. The molecule has 1 aliphatic carbocycles. The van der Waals surface area contributed by atoms with Gasteiger partial charge in [-0.15, -0.1) is 0 Å². The van der Waals surface area contributed by atoms with Crippen LogP contribution in [0.25, 0.3) is 0 Å². The Hall–Kier alpha value is -0.0800. The normalized spacial score (nSPS) is 39.5. The molecular formula is C18H34N2. The maximum atomic E-state index is 3.68. The minimum absolute atomic E-state index is 0.592. The monoisotopic (exact) mass is 278 g/mol. The van der Waals surface area contributed by atoms with Crippen molar-refractivity contribution in [1.29, 1.82) is 0 Å². The molecule has 2 nitrogen and oxygen atoms in total. The number of piperidine rings is 2. The molecule has 2 heterocycles. The Morgan fingerprint density at radius 2 is 1.95 bits per heavy atom. The molecule has 3 rings (SSSR count). The standard InChI is InChI=1S/C18H34N2/c1-2-9-18(10-5-11-19-14-18)15-20-12-8-16-6-3-4-7-17(16)13-20/h16-17,19H,2-15H2,1H3. The van der Waals surface area contributed by atoms with Crippen molar-refractivity contribution in [3.63, 3.8) is 0 Å². The summed E-state index contributed by atoms with van der Waals surface area (Å²) in [6.07, 6.45) is 13.1. The summed E-state index contributed by atoms with van der Waals surface area (Å²) in [7, 11) is 0. The highest BCUT2D eigenvalue weighted by Crippen LogP contribution is 2.39. The van der Waals surface area contributed by atoms with Crippen molar-refractivity contribution in [2.75, 3.05) is 32.7 Å². The molecule has 20 heavy (non-hydrogen) atoms. The molecule has 3 aliphatic rings. The van der Waals surface area contributed by atoms with E-state index in [2.05, 4.69) is 17.1 Å². The van der Waals surface area contributed by atoms with Gasteiger partial charge in [-0.2, -0.15) is 0 Å². The van der Waals surface area contributed by atoms with Crippen LogP contribution in [0.3, 0.4) is 0 Å². The lowest BCUT2D eigenvalue weighted by atomic mass is 9.73. The van der Waals surface area contributed by atoms with Crippen molar-refractivity contribution in [1.82, 2.24) is 10.2 Å². The molecule has 0 radical (unpaired) electrons. The molecular weight excluding hydrogens is 244 g/mol. The molecule has 0 bridgehead atoms. The van der Waals surface area contributed by atoms with E-state index in [0.717, 1.165) is 11.8 Å². The molecule has 2 aliphatic heterocycles. The first kappa shape index (κ1) is 14.8. The van der Waals surface area contributed by atoms with Crippen LogP contribution in [0.1, 0.15) is 64.7 Å². The Balaban J connectivity index is 1.58. The molecule has 3 unspecified atom stereocenters. The van der Waals surface area contributed by atoms with Crippen LogP contribution in [-0.4, -0.2) is 37.6 Å². The quantitative estimate of drug-likeness (QED) is 0.844. The van der Waals surface area contributed by atoms with Crippen LogP contribution in [0.15, 0.2) is 0 Å². The Kier molecular flexibility index (Phi) is 5.04. The molecule has 0 spiro atoms. The minimum atomic E-state index is 0.592. The Bertz CT molecular complexity index is 290. The molecule has 0 amide bonds. The molecule has 1 saturated carbocycles. The molecule has 3 atom stereocenters. The zero-order valence-corrected chi connectivity index (χ0v) is 13.5. The highest BCUT2D eigenvalue weighted by atomic mass is 15.1. The molecule has 116 valence electrons. The first-order valence-corrected chi connectivity index (χ1v) is 9.24. The van der Waals surface area contributed by atoms with Gasteiger partial charge in [-0.25, -0.2) is 0 Å². The Morgan fingerprint density at radius 3 is 2.70 bits per heavy atom. The van der Waals surface area contributed by atoms with Crippen LogP contribution < -0.4 is 5.32 Å². The van der Waals surface area contributed by atoms with Gasteiger partial charge in [0.2, 0.25) is 0 Å². The van der Waals surface area contributed by atoms with Crippen molar-refractivity contribution in [3.8, 4) is 0 Å². The topological polar surface area (TPSA) is 15.3 Å². The number of likely N-dealkylation sites (tertiary alicyclic amines) is 1. The predicted molar refractivity (Wildman–Crippen MR) is 85.9 cm³/mol. The third-order valence-corrected chi connectivity index (χ3v) is 6.28. The van der Waals surface area contributed by atoms with Gasteiger partial charge in [0.05, 0.1) is 0 Å². The SMILES string of the molecule is CCCC1(CN2CCC3CCCCC3C2)CCCNC1. The van der Waals surface area contributed by atoms with Crippen LogP contribution in [0.4, 0.5) is 0 Å². The van der Waals surface area contributed by atoms with Gasteiger partial charge in [-0.1, -0.05) is 32.6 Å². The van der Waals surface area contributed by atoms with E-state index in [1.54, 1.807) is 0 Å². The third-order valence-electron chi connectivity index (χ3n) is 6.28. The summed E-state index contributed by atoms with van der Waals surface area (Å²) < 4.78 is 0. The van der Waals surface area contributed by atoms with Crippen LogP contribution in [0.2, 0.25) is 0 Å². The van der Waals surface area contributed by atoms with Gasteiger partial charge >= 0.3 is 0 Å². The Labute approximate surface area is 125 Å². The van der Waals surface area contributed by atoms with E-state index in [1.165, 1.54) is 90.5 Å². The maximum Gasteiger partial charge on any atom is 0.00503 e. The minimum Gasteiger partial charge on any atom is -0.316 e. The highest BCUT2D eigenvalue weighted by molar-refractivity contribution is 4.91. The molecule has 2 heteroatoms. The van der Waals surface area contributed by atoms with E-state index in [4.69, 9.17) is 0 Å². The fourth-order valence-corrected chi connectivity index (χ4v) is 5.28. The Morgan fingerprint density at radius 1 is 1.10 bits per heavy atom. The molecule has 3 fully saturated rings. The van der Waals surface area contributed by atoms with Crippen molar-refractivity contribution < 1.29 is 0 Å². The van der Waals surface area contributed by atoms with E-state index in [1.807, 2.05) is 0 Å².